The van der Waals surface area contributed by atoms with Crippen molar-refractivity contribution in [2.75, 3.05) is 20.3 Å². The zero-order chi connectivity index (χ0) is 17.4. The van der Waals surface area contributed by atoms with Gasteiger partial charge in [-0.2, -0.15) is 0 Å². The van der Waals surface area contributed by atoms with Crippen LogP contribution in [-0.2, 0) is 9.53 Å². The van der Waals surface area contributed by atoms with Crippen LogP contribution in [0.5, 0.6) is 0 Å². The van der Waals surface area contributed by atoms with Gasteiger partial charge in [0.25, 0.3) is 11.8 Å². The first-order valence-corrected chi connectivity index (χ1v) is 8.38. The molecule has 2 aromatic rings. The molecule has 0 unspecified atom stereocenters. The monoisotopic (exact) mass is 344 g/mol. The summed E-state index contributed by atoms with van der Waals surface area (Å²) >= 11 is 1.49. The summed E-state index contributed by atoms with van der Waals surface area (Å²) in [6, 6.07) is 11.0. The summed E-state index contributed by atoms with van der Waals surface area (Å²) in [7, 11) is 1.56. The molecule has 24 heavy (non-hydrogen) atoms. The lowest BCUT2D eigenvalue weighted by molar-refractivity contribution is -0.117. The van der Waals surface area contributed by atoms with Gasteiger partial charge in [-0.15, -0.1) is 11.3 Å². The van der Waals surface area contributed by atoms with Crippen LogP contribution in [0.15, 0.2) is 47.5 Å². The molecular formula is C18H20N2O3S. The third-order valence-electron chi connectivity index (χ3n) is 3.19. The zero-order valence-electron chi connectivity index (χ0n) is 13.7. The zero-order valence-corrected chi connectivity index (χ0v) is 14.5. The molecule has 2 amide bonds. The van der Waals surface area contributed by atoms with Gasteiger partial charge >= 0.3 is 0 Å². The molecule has 2 rings (SSSR count). The molecule has 1 heterocycles. The van der Waals surface area contributed by atoms with E-state index in [1.807, 2.05) is 36.6 Å². The average molecular weight is 344 g/mol. The van der Waals surface area contributed by atoms with Crippen molar-refractivity contribution < 1.29 is 14.3 Å². The fraction of sp³-hybridized carbons (Fsp3) is 0.222. The summed E-state index contributed by atoms with van der Waals surface area (Å²) in [6.07, 6.45) is 1.67. The van der Waals surface area contributed by atoms with E-state index < -0.39 is 0 Å². The van der Waals surface area contributed by atoms with E-state index in [1.54, 1.807) is 25.3 Å². The Morgan fingerprint density at radius 1 is 1.25 bits per heavy atom. The van der Waals surface area contributed by atoms with Crippen molar-refractivity contribution in [3.05, 3.63) is 63.5 Å². The number of nitrogens with one attached hydrogen (secondary N) is 2. The minimum absolute atomic E-state index is 0.208. The number of carbonyl (C=O) groups excluding carboxylic acids is 2. The average Bonchev–Trinajstić information content (AvgIpc) is 3.07. The fourth-order valence-corrected chi connectivity index (χ4v) is 2.67. The number of thiophene rings is 1. The molecule has 0 fully saturated rings. The third kappa shape index (κ3) is 5.33. The topological polar surface area (TPSA) is 67.4 Å². The first-order chi connectivity index (χ1) is 11.6. The van der Waals surface area contributed by atoms with Crippen LogP contribution in [-0.4, -0.2) is 32.1 Å². The van der Waals surface area contributed by atoms with Crippen LogP contribution in [0.1, 0.15) is 20.8 Å². The maximum Gasteiger partial charge on any atom is 0.267 e. The second-order valence-electron chi connectivity index (χ2n) is 5.15. The Morgan fingerprint density at radius 3 is 2.75 bits per heavy atom. The summed E-state index contributed by atoms with van der Waals surface area (Å²) in [5.74, 6) is -0.662. The second-order valence-corrected chi connectivity index (χ2v) is 6.13. The van der Waals surface area contributed by atoms with E-state index in [2.05, 4.69) is 10.6 Å². The maximum atomic E-state index is 12.4. The number of rotatable bonds is 7. The van der Waals surface area contributed by atoms with Gasteiger partial charge in [-0.25, -0.2) is 0 Å². The number of aryl methyl sites for hydroxylation is 1. The molecular weight excluding hydrogens is 324 g/mol. The molecule has 0 saturated heterocycles. The Hall–Kier alpha value is -2.44. The molecule has 5 nitrogen and oxygen atoms in total. The Balaban J connectivity index is 2.16. The molecule has 0 spiro atoms. The summed E-state index contributed by atoms with van der Waals surface area (Å²) in [6.45, 7) is 2.69. The number of amides is 2. The maximum absolute atomic E-state index is 12.4. The normalized spacial score (nSPS) is 11.2. The smallest absolute Gasteiger partial charge is 0.267 e. The Bertz CT molecular complexity index is 724. The number of benzene rings is 1. The fourth-order valence-electron chi connectivity index (χ4n) is 2.02. The van der Waals surface area contributed by atoms with E-state index in [4.69, 9.17) is 4.74 Å². The number of hydrogen-bond acceptors (Lipinski definition) is 4. The Kier molecular flexibility index (Phi) is 6.72. The van der Waals surface area contributed by atoms with Gasteiger partial charge in [-0.1, -0.05) is 23.8 Å². The minimum atomic E-state index is -0.346. The number of carbonyl (C=O) groups is 2. The van der Waals surface area contributed by atoms with Crippen molar-refractivity contribution in [1.29, 1.82) is 0 Å². The van der Waals surface area contributed by atoms with Crippen LogP contribution >= 0.6 is 11.3 Å². The highest BCUT2D eigenvalue weighted by Crippen LogP contribution is 2.13. The quantitative estimate of drug-likeness (QED) is 0.599. The minimum Gasteiger partial charge on any atom is -0.383 e. The summed E-state index contributed by atoms with van der Waals surface area (Å²) in [5.41, 5.74) is 1.70. The van der Waals surface area contributed by atoms with Crippen LogP contribution in [0.3, 0.4) is 0 Å². The van der Waals surface area contributed by atoms with Gasteiger partial charge in [0.2, 0.25) is 0 Å². The van der Waals surface area contributed by atoms with Crippen LogP contribution in [0.2, 0.25) is 0 Å². The van der Waals surface area contributed by atoms with E-state index in [-0.39, 0.29) is 17.5 Å². The van der Waals surface area contributed by atoms with Crippen molar-refractivity contribution in [2.24, 2.45) is 0 Å². The number of methoxy groups -OCH3 is 1. The van der Waals surface area contributed by atoms with Crippen LogP contribution < -0.4 is 10.6 Å². The van der Waals surface area contributed by atoms with Gasteiger partial charge in [-0.3, -0.25) is 9.59 Å². The standard InChI is InChI=1S/C18H20N2O3S/c1-13-5-3-6-14(11-13)17(21)20-16(12-15-7-4-10-24-15)18(22)19-8-9-23-2/h3-7,10-12H,8-9H2,1-2H3,(H,19,22)(H,20,21)/b16-12-. The number of ether oxygens (including phenoxy) is 1. The summed E-state index contributed by atoms with van der Waals surface area (Å²) in [4.78, 5) is 25.6. The lowest BCUT2D eigenvalue weighted by Gasteiger charge is -2.11. The Morgan fingerprint density at radius 2 is 2.08 bits per heavy atom. The molecule has 126 valence electrons. The molecule has 1 aromatic heterocycles. The summed E-state index contributed by atoms with van der Waals surface area (Å²) < 4.78 is 4.92. The van der Waals surface area contributed by atoms with Crippen molar-refractivity contribution in [3.63, 3.8) is 0 Å². The lowest BCUT2D eigenvalue weighted by atomic mass is 10.1. The third-order valence-corrected chi connectivity index (χ3v) is 4.01. The van der Waals surface area contributed by atoms with Gasteiger partial charge in [0.05, 0.1) is 6.61 Å². The SMILES string of the molecule is COCCNC(=O)/C(=C/c1cccs1)NC(=O)c1cccc(C)c1. The number of hydrogen-bond donors (Lipinski definition) is 2. The highest BCUT2D eigenvalue weighted by molar-refractivity contribution is 7.10. The van der Waals surface area contributed by atoms with Crippen LogP contribution in [0.25, 0.3) is 6.08 Å². The molecule has 2 N–H and O–H groups in total. The first kappa shape index (κ1) is 17.9. The highest BCUT2D eigenvalue weighted by atomic mass is 32.1. The largest absolute Gasteiger partial charge is 0.383 e. The van der Waals surface area contributed by atoms with Crippen LogP contribution in [0.4, 0.5) is 0 Å². The molecule has 1 aromatic carbocycles. The molecule has 0 aliphatic rings. The van der Waals surface area contributed by atoms with Gasteiger partial charge < -0.3 is 15.4 Å². The molecule has 0 radical (unpaired) electrons. The highest BCUT2D eigenvalue weighted by Gasteiger charge is 2.14. The molecule has 6 heteroatoms. The van der Waals surface area contributed by atoms with E-state index in [9.17, 15) is 9.59 Å². The molecule has 0 aliphatic heterocycles. The van der Waals surface area contributed by atoms with Gasteiger partial charge in [0.15, 0.2) is 0 Å². The molecule has 0 atom stereocenters. The first-order valence-electron chi connectivity index (χ1n) is 7.50. The molecule has 0 saturated carbocycles. The molecule has 0 aliphatic carbocycles. The van der Waals surface area contributed by atoms with Crippen LogP contribution in [0, 0.1) is 6.92 Å². The van der Waals surface area contributed by atoms with E-state index >= 15 is 0 Å². The lowest BCUT2D eigenvalue weighted by Crippen LogP contribution is -2.36. The van der Waals surface area contributed by atoms with E-state index in [1.165, 1.54) is 11.3 Å². The predicted octanol–water partition coefficient (Wildman–Crippen LogP) is 2.59. The van der Waals surface area contributed by atoms with Crippen molar-refractivity contribution >= 4 is 29.2 Å². The predicted molar refractivity (Wildman–Crippen MR) is 95.8 cm³/mol. The van der Waals surface area contributed by atoms with Gasteiger partial charge in [0, 0.05) is 24.1 Å². The van der Waals surface area contributed by atoms with E-state index in [0.717, 1.165) is 10.4 Å². The Labute approximate surface area is 145 Å². The second kappa shape index (κ2) is 9.00. The van der Waals surface area contributed by atoms with Crippen molar-refractivity contribution in [2.45, 2.75) is 6.92 Å². The van der Waals surface area contributed by atoms with Crippen molar-refractivity contribution in [3.8, 4) is 0 Å². The van der Waals surface area contributed by atoms with Crippen molar-refractivity contribution in [1.82, 2.24) is 10.6 Å². The van der Waals surface area contributed by atoms with Gasteiger partial charge in [-0.05, 0) is 36.6 Å². The van der Waals surface area contributed by atoms with E-state index in [0.29, 0.717) is 18.7 Å². The van der Waals surface area contributed by atoms with Gasteiger partial charge in [0.1, 0.15) is 5.70 Å². The molecule has 0 bridgehead atoms. The summed E-state index contributed by atoms with van der Waals surface area (Å²) in [5, 5.41) is 7.33.